The summed E-state index contributed by atoms with van der Waals surface area (Å²) in [5.41, 5.74) is -0.445. The van der Waals surface area contributed by atoms with E-state index in [2.05, 4.69) is 5.32 Å². The van der Waals surface area contributed by atoms with Crippen molar-refractivity contribution in [3.8, 4) is 0 Å². The molecule has 0 spiro atoms. The molecule has 0 amide bonds. The Morgan fingerprint density at radius 1 is 1.35 bits per heavy atom. The molecule has 2 aliphatic heterocycles. The Kier molecular flexibility index (Phi) is 4.36. The molecule has 2 heterocycles. The van der Waals surface area contributed by atoms with Crippen LogP contribution in [0.2, 0.25) is 0 Å². The average molecular weight is 243 g/mol. The first-order chi connectivity index (χ1) is 8.27. The van der Waals surface area contributed by atoms with E-state index in [-0.39, 0.29) is 5.97 Å². The SMILES string of the molecule is COC(=O)C1(CNCC2CCOCC2)COC1. The van der Waals surface area contributed by atoms with Gasteiger partial charge in [0, 0.05) is 19.8 Å². The van der Waals surface area contributed by atoms with E-state index >= 15 is 0 Å². The Hall–Kier alpha value is -0.650. The van der Waals surface area contributed by atoms with E-state index in [1.807, 2.05) is 0 Å². The molecule has 98 valence electrons. The second-order valence-corrected chi connectivity index (χ2v) is 4.95. The van der Waals surface area contributed by atoms with Gasteiger partial charge in [0.15, 0.2) is 0 Å². The lowest BCUT2D eigenvalue weighted by Crippen LogP contribution is -2.56. The fourth-order valence-corrected chi connectivity index (χ4v) is 2.32. The van der Waals surface area contributed by atoms with Crippen LogP contribution in [0, 0.1) is 11.3 Å². The molecule has 2 fully saturated rings. The van der Waals surface area contributed by atoms with Crippen molar-refractivity contribution in [3.63, 3.8) is 0 Å². The molecule has 0 aromatic carbocycles. The number of nitrogens with one attached hydrogen (secondary N) is 1. The lowest BCUT2D eigenvalue weighted by Gasteiger charge is -2.39. The summed E-state index contributed by atoms with van der Waals surface area (Å²) in [4.78, 5) is 11.6. The normalized spacial score (nSPS) is 24.1. The smallest absolute Gasteiger partial charge is 0.317 e. The van der Waals surface area contributed by atoms with E-state index in [1.54, 1.807) is 0 Å². The number of rotatable bonds is 5. The van der Waals surface area contributed by atoms with Crippen LogP contribution in [-0.4, -0.2) is 52.6 Å². The van der Waals surface area contributed by atoms with Gasteiger partial charge in [-0.3, -0.25) is 4.79 Å². The number of esters is 1. The van der Waals surface area contributed by atoms with Gasteiger partial charge >= 0.3 is 5.97 Å². The summed E-state index contributed by atoms with van der Waals surface area (Å²) in [6.45, 7) is 4.26. The van der Waals surface area contributed by atoms with Crippen LogP contribution < -0.4 is 5.32 Å². The van der Waals surface area contributed by atoms with Gasteiger partial charge in [-0.2, -0.15) is 0 Å². The number of carbonyl (C=O) groups is 1. The molecule has 0 aromatic heterocycles. The van der Waals surface area contributed by atoms with Crippen LogP contribution in [0.4, 0.5) is 0 Å². The Bertz CT molecular complexity index is 259. The third kappa shape index (κ3) is 2.97. The minimum atomic E-state index is -0.445. The topological polar surface area (TPSA) is 56.8 Å². The van der Waals surface area contributed by atoms with Crippen LogP contribution in [0.3, 0.4) is 0 Å². The molecule has 5 heteroatoms. The second-order valence-electron chi connectivity index (χ2n) is 4.95. The molecular weight excluding hydrogens is 222 g/mol. The summed E-state index contributed by atoms with van der Waals surface area (Å²) < 4.78 is 15.3. The Balaban J connectivity index is 1.71. The van der Waals surface area contributed by atoms with Crippen molar-refractivity contribution in [2.45, 2.75) is 12.8 Å². The van der Waals surface area contributed by atoms with Crippen molar-refractivity contribution in [1.82, 2.24) is 5.32 Å². The highest BCUT2D eigenvalue weighted by atomic mass is 16.5. The molecule has 0 atom stereocenters. The Morgan fingerprint density at radius 3 is 2.59 bits per heavy atom. The van der Waals surface area contributed by atoms with Crippen molar-refractivity contribution < 1.29 is 19.0 Å². The predicted octanol–water partition coefficient (Wildman–Crippen LogP) is 0.192. The van der Waals surface area contributed by atoms with E-state index < -0.39 is 5.41 Å². The lowest BCUT2D eigenvalue weighted by molar-refractivity contribution is -0.182. The Labute approximate surface area is 102 Å². The Morgan fingerprint density at radius 2 is 2.06 bits per heavy atom. The van der Waals surface area contributed by atoms with E-state index in [1.165, 1.54) is 7.11 Å². The molecule has 0 aromatic rings. The number of hydrogen-bond acceptors (Lipinski definition) is 5. The van der Waals surface area contributed by atoms with Gasteiger partial charge in [0.05, 0.1) is 20.3 Å². The summed E-state index contributed by atoms with van der Waals surface area (Å²) in [6.07, 6.45) is 2.21. The van der Waals surface area contributed by atoms with Gasteiger partial charge in [0.25, 0.3) is 0 Å². The van der Waals surface area contributed by atoms with Crippen molar-refractivity contribution in [1.29, 1.82) is 0 Å². The fraction of sp³-hybridized carbons (Fsp3) is 0.917. The van der Waals surface area contributed by atoms with Crippen molar-refractivity contribution in [3.05, 3.63) is 0 Å². The highest BCUT2D eigenvalue weighted by molar-refractivity contribution is 5.78. The molecule has 2 rings (SSSR count). The summed E-state index contributed by atoms with van der Waals surface area (Å²) in [5.74, 6) is 0.502. The summed E-state index contributed by atoms with van der Waals surface area (Å²) >= 11 is 0. The zero-order valence-electron chi connectivity index (χ0n) is 10.4. The highest BCUT2D eigenvalue weighted by Gasteiger charge is 2.46. The number of carbonyl (C=O) groups excluding carboxylic acids is 1. The van der Waals surface area contributed by atoms with E-state index in [4.69, 9.17) is 14.2 Å². The van der Waals surface area contributed by atoms with Crippen LogP contribution in [0.25, 0.3) is 0 Å². The summed E-state index contributed by atoms with van der Waals surface area (Å²) in [6, 6.07) is 0. The second kappa shape index (κ2) is 5.80. The van der Waals surface area contributed by atoms with Gasteiger partial charge in [-0.05, 0) is 25.3 Å². The molecule has 2 saturated heterocycles. The number of methoxy groups -OCH3 is 1. The van der Waals surface area contributed by atoms with Gasteiger partial charge < -0.3 is 19.5 Å². The molecule has 2 aliphatic rings. The minimum Gasteiger partial charge on any atom is -0.468 e. The zero-order chi connectivity index (χ0) is 12.1. The predicted molar refractivity (Wildman–Crippen MR) is 61.7 cm³/mol. The van der Waals surface area contributed by atoms with Crippen molar-refractivity contribution in [2.75, 3.05) is 46.6 Å². The maximum absolute atomic E-state index is 11.6. The molecule has 1 N–H and O–H groups in total. The van der Waals surface area contributed by atoms with Gasteiger partial charge in [0.1, 0.15) is 5.41 Å². The summed E-state index contributed by atoms with van der Waals surface area (Å²) in [5, 5.41) is 3.38. The van der Waals surface area contributed by atoms with Crippen LogP contribution in [0.1, 0.15) is 12.8 Å². The first-order valence-corrected chi connectivity index (χ1v) is 6.21. The summed E-state index contributed by atoms with van der Waals surface area (Å²) in [7, 11) is 1.43. The first-order valence-electron chi connectivity index (χ1n) is 6.21. The van der Waals surface area contributed by atoms with Gasteiger partial charge in [-0.1, -0.05) is 0 Å². The van der Waals surface area contributed by atoms with Crippen molar-refractivity contribution >= 4 is 5.97 Å². The molecule has 0 aliphatic carbocycles. The van der Waals surface area contributed by atoms with Gasteiger partial charge in [-0.25, -0.2) is 0 Å². The van der Waals surface area contributed by atoms with Crippen LogP contribution in [0.15, 0.2) is 0 Å². The third-order valence-corrected chi connectivity index (χ3v) is 3.61. The molecule has 0 radical (unpaired) electrons. The lowest BCUT2D eigenvalue weighted by atomic mass is 9.85. The maximum atomic E-state index is 11.6. The van der Waals surface area contributed by atoms with E-state index in [9.17, 15) is 4.79 Å². The number of hydrogen-bond donors (Lipinski definition) is 1. The average Bonchev–Trinajstić information content (AvgIpc) is 2.33. The monoisotopic (exact) mass is 243 g/mol. The molecule has 0 bridgehead atoms. The van der Waals surface area contributed by atoms with Gasteiger partial charge in [-0.15, -0.1) is 0 Å². The molecule has 5 nitrogen and oxygen atoms in total. The quantitative estimate of drug-likeness (QED) is 0.699. The first kappa shape index (κ1) is 12.8. The van der Waals surface area contributed by atoms with Gasteiger partial charge in [0.2, 0.25) is 0 Å². The van der Waals surface area contributed by atoms with Crippen LogP contribution in [0.5, 0.6) is 0 Å². The maximum Gasteiger partial charge on any atom is 0.317 e. The van der Waals surface area contributed by atoms with E-state index in [0.717, 1.165) is 32.6 Å². The van der Waals surface area contributed by atoms with E-state index in [0.29, 0.717) is 25.7 Å². The molecule has 0 unspecified atom stereocenters. The van der Waals surface area contributed by atoms with Crippen LogP contribution >= 0.6 is 0 Å². The third-order valence-electron chi connectivity index (χ3n) is 3.61. The van der Waals surface area contributed by atoms with Crippen molar-refractivity contribution in [2.24, 2.45) is 11.3 Å². The van der Waals surface area contributed by atoms with Crippen LogP contribution in [-0.2, 0) is 19.0 Å². The minimum absolute atomic E-state index is 0.164. The molecule has 0 saturated carbocycles. The number of ether oxygens (including phenoxy) is 3. The standard InChI is InChI=1S/C12H21NO4/c1-15-11(14)12(8-17-9-12)7-13-6-10-2-4-16-5-3-10/h10,13H,2-9H2,1H3. The zero-order valence-corrected chi connectivity index (χ0v) is 10.4. The molecule has 17 heavy (non-hydrogen) atoms. The highest BCUT2D eigenvalue weighted by Crippen LogP contribution is 2.28. The fourth-order valence-electron chi connectivity index (χ4n) is 2.32. The largest absolute Gasteiger partial charge is 0.468 e. The molecular formula is C12H21NO4.